The van der Waals surface area contributed by atoms with Crippen LogP contribution in [0.3, 0.4) is 0 Å². The van der Waals surface area contributed by atoms with Gasteiger partial charge in [-0.05, 0) is 57.3 Å². The first-order chi connectivity index (χ1) is 19.3. The van der Waals surface area contributed by atoms with Gasteiger partial charge in [0.1, 0.15) is 12.2 Å². The van der Waals surface area contributed by atoms with Gasteiger partial charge in [0.15, 0.2) is 5.78 Å². The monoisotopic (exact) mass is 572 g/mol. The van der Waals surface area contributed by atoms with Gasteiger partial charge in [-0.15, -0.1) is 10.2 Å². The number of allylic oxidation sites excluding steroid dienone is 4. The molecule has 2 aromatic rings. The Bertz CT molecular complexity index is 937. The Morgan fingerprint density at radius 3 is 2.20 bits per heavy atom. The van der Waals surface area contributed by atoms with Crippen LogP contribution in [0, 0.1) is 5.92 Å². The molecule has 7 heteroatoms. The quantitative estimate of drug-likeness (QED) is 0.105. The predicted molar refractivity (Wildman–Crippen MR) is 175 cm³/mol. The van der Waals surface area contributed by atoms with Crippen molar-refractivity contribution in [2.75, 3.05) is 12.8 Å². The van der Waals surface area contributed by atoms with Gasteiger partial charge in [-0.2, -0.15) is 12.6 Å². The van der Waals surface area contributed by atoms with Gasteiger partial charge in [-0.25, -0.2) is 0 Å². The molecule has 0 aliphatic carbocycles. The molecule has 0 spiro atoms. The summed E-state index contributed by atoms with van der Waals surface area (Å²) in [5.74, 6) is 1.90. The molecule has 2 rings (SSSR count). The minimum absolute atomic E-state index is 0.147. The van der Waals surface area contributed by atoms with Crippen LogP contribution < -0.4 is 5.32 Å². The number of unbranched alkanes of at least 4 members (excludes halogenated alkanes) is 1. The maximum absolute atomic E-state index is 11.7. The normalized spacial score (nSPS) is 10.6. The molecule has 1 amide bonds. The van der Waals surface area contributed by atoms with E-state index >= 15 is 0 Å². The number of nitrogens with zero attached hydrogens (tertiary/aromatic N) is 3. The van der Waals surface area contributed by atoms with Crippen molar-refractivity contribution in [2.24, 2.45) is 5.92 Å². The fourth-order valence-corrected chi connectivity index (χ4v) is 3.43. The standard InChI is InChI=1S/C19H28N4O.C10H16O.C3H8.CH4S/c1-16(2)14-20-19(24)11-7-6-10-18-22-21-15-23(18)13-12-17-8-4-3-5-9-17;1-4-7-9(6-3)10(11)8-5-2;1-3-2;1-2/h3-5,8-9,15-16H,6-7,10-14H2,1-2H3,(H,20,24);4,6-7H,5,8H2,1-3H3;3H2,1-2H3;2H,1H3/b;7-4-,9-6+;;. The fourth-order valence-electron chi connectivity index (χ4n) is 3.43. The summed E-state index contributed by atoms with van der Waals surface area (Å²) >= 11 is 3.53. The number of amides is 1. The SMILES string of the molecule is C/C=C\C(=C/C)C(=O)CCC.CC(C)CNC(=O)CCCCc1nncn1CCc1ccccc1.CCC.CS. The maximum atomic E-state index is 11.7. The summed E-state index contributed by atoms with van der Waals surface area (Å²) in [6, 6.07) is 10.4. The van der Waals surface area contributed by atoms with Gasteiger partial charge in [-0.3, -0.25) is 9.59 Å². The van der Waals surface area contributed by atoms with E-state index in [9.17, 15) is 9.59 Å². The number of carbonyl (C=O) groups excluding carboxylic acids is 2. The highest BCUT2D eigenvalue weighted by atomic mass is 32.1. The summed E-state index contributed by atoms with van der Waals surface area (Å²) in [7, 11) is 0. The van der Waals surface area contributed by atoms with Crippen LogP contribution in [0.25, 0.3) is 0 Å². The fraction of sp³-hybridized carbons (Fsp3) is 0.576. The Hall–Kier alpha value is -2.67. The number of ketones is 1. The van der Waals surface area contributed by atoms with E-state index in [1.165, 1.54) is 12.0 Å². The molecule has 0 bridgehead atoms. The van der Waals surface area contributed by atoms with E-state index < -0.39 is 0 Å². The molecule has 1 aromatic carbocycles. The lowest BCUT2D eigenvalue weighted by Crippen LogP contribution is -2.26. The topological polar surface area (TPSA) is 76.9 Å². The number of Topliss-reactive ketones (excluding diaryl/α,β-unsaturated/α-hetero) is 1. The Balaban J connectivity index is 0. The van der Waals surface area contributed by atoms with Crippen molar-refractivity contribution in [2.45, 2.75) is 106 Å². The molecular formula is C33H56N4O2S. The average Bonchev–Trinajstić information content (AvgIpc) is 3.41. The Morgan fingerprint density at radius 2 is 1.65 bits per heavy atom. The second kappa shape index (κ2) is 27.9. The number of hydrogen-bond acceptors (Lipinski definition) is 5. The molecule has 40 heavy (non-hydrogen) atoms. The third-order valence-corrected chi connectivity index (χ3v) is 5.40. The van der Waals surface area contributed by atoms with Gasteiger partial charge in [0.25, 0.3) is 0 Å². The van der Waals surface area contributed by atoms with Crippen molar-refractivity contribution < 1.29 is 9.59 Å². The third-order valence-electron chi connectivity index (χ3n) is 5.40. The molecule has 0 aliphatic heterocycles. The summed E-state index contributed by atoms with van der Waals surface area (Å²) < 4.78 is 2.12. The van der Waals surface area contributed by atoms with E-state index in [1.807, 2.05) is 45.1 Å². The molecule has 0 fully saturated rings. The molecule has 0 atom stereocenters. The van der Waals surface area contributed by atoms with E-state index in [-0.39, 0.29) is 11.7 Å². The van der Waals surface area contributed by atoms with Crippen molar-refractivity contribution in [3.05, 3.63) is 71.8 Å². The zero-order chi connectivity index (χ0) is 30.6. The number of benzene rings is 1. The zero-order valence-electron chi connectivity index (χ0n) is 26.4. The van der Waals surface area contributed by atoms with Crippen LogP contribution in [0.5, 0.6) is 0 Å². The molecular weight excluding hydrogens is 516 g/mol. The molecule has 0 unspecified atom stereocenters. The van der Waals surface area contributed by atoms with E-state index in [0.29, 0.717) is 18.8 Å². The van der Waals surface area contributed by atoms with Gasteiger partial charge in [0.2, 0.25) is 5.91 Å². The number of aryl methyl sites for hydroxylation is 3. The minimum atomic E-state index is 0.147. The van der Waals surface area contributed by atoms with Gasteiger partial charge in [-0.1, -0.05) is 89.6 Å². The van der Waals surface area contributed by atoms with E-state index in [0.717, 1.165) is 56.6 Å². The molecule has 6 nitrogen and oxygen atoms in total. The Kier molecular flexibility index (Phi) is 27.5. The van der Waals surface area contributed by atoms with Crippen molar-refractivity contribution >= 4 is 24.3 Å². The van der Waals surface area contributed by atoms with E-state index in [2.05, 4.69) is 84.7 Å². The highest BCUT2D eigenvalue weighted by Gasteiger charge is 2.06. The van der Waals surface area contributed by atoms with E-state index in [4.69, 9.17) is 0 Å². The summed E-state index contributed by atoms with van der Waals surface area (Å²) in [6.45, 7) is 15.9. The smallest absolute Gasteiger partial charge is 0.220 e. The minimum Gasteiger partial charge on any atom is -0.356 e. The van der Waals surface area contributed by atoms with Crippen LogP contribution in [-0.4, -0.2) is 39.3 Å². The Morgan fingerprint density at radius 1 is 1.00 bits per heavy atom. The summed E-state index contributed by atoms with van der Waals surface area (Å²) in [5.41, 5.74) is 2.15. The lowest BCUT2D eigenvalue weighted by Gasteiger charge is -2.08. The molecule has 1 aromatic heterocycles. The first-order valence-corrected chi connectivity index (χ1v) is 15.7. The van der Waals surface area contributed by atoms with Crippen LogP contribution in [0.1, 0.15) is 98.4 Å². The molecule has 0 saturated heterocycles. The van der Waals surface area contributed by atoms with Crippen LogP contribution in [0.4, 0.5) is 0 Å². The molecule has 0 radical (unpaired) electrons. The second-order valence-corrected chi connectivity index (χ2v) is 9.71. The molecule has 0 aliphatic rings. The largest absolute Gasteiger partial charge is 0.356 e. The summed E-state index contributed by atoms with van der Waals surface area (Å²) in [6.07, 6.45) is 16.2. The number of aromatic nitrogens is 3. The number of carbonyl (C=O) groups is 2. The summed E-state index contributed by atoms with van der Waals surface area (Å²) in [4.78, 5) is 22.9. The van der Waals surface area contributed by atoms with Crippen molar-refractivity contribution in [3.8, 4) is 0 Å². The lowest BCUT2D eigenvalue weighted by molar-refractivity contribution is -0.121. The highest BCUT2D eigenvalue weighted by molar-refractivity contribution is 7.79. The van der Waals surface area contributed by atoms with Gasteiger partial charge in [0, 0.05) is 37.9 Å². The van der Waals surface area contributed by atoms with Crippen molar-refractivity contribution in [1.29, 1.82) is 0 Å². The van der Waals surface area contributed by atoms with Crippen LogP contribution in [0.2, 0.25) is 0 Å². The number of nitrogens with one attached hydrogen (secondary N) is 1. The molecule has 0 saturated carbocycles. The number of thiol groups is 1. The Labute approximate surface area is 250 Å². The van der Waals surface area contributed by atoms with Crippen LogP contribution in [0.15, 0.2) is 60.5 Å². The zero-order valence-corrected chi connectivity index (χ0v) is 27.3. The average molecular weight is 573 g/mol. The molecule has 226 valence electrons. The van der Waals surface area contributed by atoms with Gasteiger partial charge < -0.3 is 9.88 Å². The molecule has 1 N–H and O–H groups in total. The molecule has 1 heterocycles. The first kappa shape index (κ1) is 39.5. The summed E-state index contributed by atoms with van der Waals surface area (Å²) in [5, 5.41) is 11.2. The lowest BCUT2D eigenvalue weighted by atomic mass is 10.1. The van der Waals surface area contributed by atoms with Crippen LogP contribution in [-0.2, 0) is 29.0 Å². The van der Waals surface area contributed by atoms with Gasteiger partial charge in [0.05, 0.1) is 0 Å². The number of hydrogen-bond donors (Lipinski definition) is 2. The van der Waals surface area contributed by atoms with Crippen molar-refractivity contribution in [3.63, 3.8) is 0 Å². The third kappa shape index (κ3) is 21.2. The van der Waals surface area contributed by atoms with Crippen LogP contribution >= 0.6 is 12.6 Å². The predicted octanol–water partition coefficient (Wildman–Crippen LogP) is 7.85. The van der Waals surface area contributed by atoms with Crippen molar-refractivity contribution in [1.82, 2.24) is 20.1 Å². The number of rotatable bonds is 14. The highest BCUT2D eigenvalue weighted by Crippen LogP contribution is 2.07. The maximum Gasteiger partial charge on any atom is 0.220 e. The van der Waals surface area contributed by atoms with E-state index in [1.54, 1.807) is 12.6 Å². The van der Waals surface area contributed by atoms with Gasteiger partial charge >= 0.3 is 0 Å². The first-order valence-electron chi connectivity index (χ1n) is 14.8. The second-order valence-electron chi connectivity index (χ2n) is 9.71.